The Morgan fingerprint density at radius 3 is 2.59 bits per heavy atom. The van der Waals surface area contributed by atoms with Gasteiger partial charge in [0.15, 0.2) is 12.3 Å². The lowest BCUT2D eigenvalue weighted by molar-refractivity contribution is -0.141. The van der Waals surface area contributed by atoms with Crippen molar-refractivity contribution in [2.75, 3.05) is 13.2 Å². The monoisotopic (exact) mass is 423 g/mol. The van der Waals surface area contributed by atoms with Crippen molar-refractivity contribution in [3.63, 3.8) is 0 Å². The van der Waals surface area contributed by atoms with E-state index in [9.17, 15) is 17.6 Å². The molecule has 0 saturated carbocycles. The van der Waals surface area contributed by atoms with E-state index in [1.165, 1.54) is 7.05 Å². The van der Waals surface area contributed by atoms with Gasteiger partial charge in [-0.1, -0.05) is 34.3 Å². The van der Waals surface area contributed by atoms with Gasteiger partial charge in [0.1, 0.15) is 18.1 Å². The number of oxime groups is 1. The molecule has 27 heavy (non-hydrogen) atoms. The minimum absolute atomic E-state index is 0.0134. The minimum atomic E-state index is -4.63. The fourth-order valence-corrected chi connectivity index (χ4v) is 2.40. The number of hydrogen-bond donors (Lipinski definition) is 0. The van der Waals surface area contributed by atoms with Gasteiger partial charge < -0.3 is 9.57 Å². The van der Waals surface area contributed by atoms with Gasteiger partial charge in [0.05, 0.1) is 10.0 Å². The third-order valence-electron chi connectivity index (χ3n) is 3.13. The van der Waals surface area contributed by atoms with Crippen LogP contribution in [0.4, 0.5) is 17.6 Å². The first-order valence-corrected chi connectivity index (χ1v) is 7.90. The average molecular weight is 424 g/mol. The highest BCUT2D eigenvalue weighted by atomic mass is 35.5. The maximum Gasteiger partial charge on any atom is 0.435 e. The molecule has 0 spiro atoms. The molecule has 0 amide bonds. The Kier molecular flexibility index (Phi) is 6.57. The molecule has 0 saturated heterocycles. The first-order chi connectivity index (χ1) is 12.6. The largest absolute Gasteiger partial charge is 0.471 e. The number of terminal acetylenes is 1. The SMILES string of the molecule is C#CCO/N=C(\COc1cc(C(F)(F)F)nn1C)c1cc(F)c(Cl)cc1Cl. The summed E-state index contributed by atoms with van der Waals surface area (Å²) in [6.07, 6.45) is 0.428. The van der Waals surface area contributed by atoms with Crippen molar-refractivity contribution in [1.29, 1.82) is 0 Å². The second kappa shape index (κ2) is 8.50. The van der Waals surface area contributed by atoms with Gasteiger partial charge in [-0.15, -0.1) is 6.42 Å². The number of hydrogen-bond acceptors (Lipinski definition) is 4. The lowest BCUT2D eigenvalue weighted by atomic mass is 10.1. The summed E-state index contributed by atoms with van der Waals surface area (Å²) in [5.74, 6) is 1.20. The Morgan fingerprint density at radius 1 is 1.30 bits per heavy atom. The van der Waals surface area contributed by atoms with Crippen molar-refractivity contribution >= 4 is 28.9 Å². The van der Waals surface area contributed by atoms with Crippen molar-refractivity contribution in [3.05, 3.63) is 45.3 Å². The highest BCUT2D eigenvalue weighted by Gasteiger charge is 2.35. The topological polar surface area (TPSA) is 48.6 Å². The molecule has 0 aliphatic carbocycles. The smallest absolute Gasteiger partial charge is 0.435 e. The number of ether oxygens (including phenoxy) is 1. The number of alkyl halides is 3. The number of aryl methyl sites for hydroxylation is 1. The highest BCUT2D eigenvalue weighted by molar-refractivity contribution is 6.37. The quantitative estimate of drug-likeness (QED) is 0.173. The summed E-state index contributed by atoms with van der Waals surface area (Å²) < 4.78 is 58.1. The predicted molar refractivity (Wildman–Crippen MR) is 91.4 cm³/mol. The molecule has 144 valence electrons. The van der Waals surface area contributed by atoms with E-state index in [1.54, 1.807) is 0 Å². The maximum atomic E-state index is 13.8. The summed E-state index contributed by atoms with van der Waals surface area (Å²) in [5, 5.41) is 6.86. The highest BCUT2D eigenvalue weighted by Crippen LogP contribution is 2.30. The summed E-state index contributed by atoms with van der Waals surface area (Å²) >= 11 is 11.7. The number of benzene rings is 1. The molecule has 5 nitrogen and oxygen atoms in total. The summed E-state index contributed by atoms with van der Waals surface area (Å²) in [4.78, 5) is 4.86. The molecule has 2 aromatic rings. The summed E-state index contributed by atoms with van der Waals surface area (Å²) in [7, 11) is 1.27. The number of rotatable bonds is 6. The van der Waals surface area contributed by atoms with Crippen LogP contribution < -0.4 is 4.74 Å². The van der Waals surface area contributed by atoms with Crippen LogP contribution in [0.15, 0.2) is 23.4 Å². The zero-order valence-corrected chi connectivity index (χ0v) is 15.2. The minimum Gasteiger partial charge on any atom is -0.471 e. The van der Waals surface area contributed by atoms with Gasteiger partial charge in [-0.25, -0.2) is 9.07 Å². The van der Waals surface area contributed by atoms with E-state index >= 15 is 0 Å². The zero-order chi connectivity index (χ0) is 20.2. The lowest BCUT2D eigenvalue weighted by Gasteiger charge is -2.11. The molecule has 0 aliphatic heterocycles. The Labute approximate surface area is 161 Å². The van der Waals surface area contributed by atoms with E-state index in [4.69, 9.17) is 39.2 Å². The van der Waals surface area contributed by atoms with Crippen LogP contribution in [-0.2, 0) is 18.1 Å². The summed E-state index contributed by atoms with van der Waals surface area (Å²) in [5.41, 5.74) is -1.06. The van der Waals surface area contributed by atoms with Crippen LogP contribution >= 0.6 is 23.2 Å². The molecule has 1 aromatic carbocycles. The molecule has 1 aromatic heterocycles. The first-order valence-electron chi connectivity index (χ1n) is 7.14. The van der Waals surface area contributed by atoms with E-state index in [2.05, 4.69) is 16.2 Å². The van der Waals surface area contributed by atoms with Crippen LogP contribution in [-0.4, -0.2) is 28.7 Å². The van der Waals surface area contributed by atoms with Crippen LogP contribution in [0.3, 0.4) is 0 Å². The van der Waals surface area contributed by atoms with Crippen LogP contribution in [0.5, 0.6) is 5.88 Å². The first kappa shape index (κ1) is 20.9. The van der Waals surface area contributed by atoms with Gasteiger partial charge in [-0.05, 0) is 12.1 Å². The van der Waals surface area contributed by atoms with Gasteiger partial charge in [-0.2, -0.15) is 18.3 Å². The second-order valence-corrected chi connectivity index (χ2v) is 5.85. The van der Waals surface area contributed by atoms with Crippen molar-refractivity contribution in [3.8, 4) is 18.2 Å². The maximum absolute atomic E-state index is 13.8. The van der Waals surface area contributed by atoms with Gasteiger partial charge in [0.25, 0.3) is 0 Å². The van der Waals surface area contributed by atoms with Gasteiger partial charge >= 0.3 is 6.18 Å². The Morgan fingerprint density at radius 2 is 2.00 bits per heavy atom. The standard InChI is InChI=1S/C16H11Cl2F4N3O2/c1-3-4-27-24-13(9-5-12(19)11(18)6-10(9)17)8-26-15-7-14(16(20,21)22)23-25(15)2/h1,5-7H,4,8H2,2H3/b24-13+. The van der Waals surface area contributed by atoms with Crippen molar-refractivity contribution in [1.82, 2.24) is 9.78 Å². The van der Waals surface area contributed by atoms with Gasteiger partial charge in [0, 0.05) is 18.7 Å². The van der Waals surface area contributed by atoms with Crippen LogP contribution in [0, 0.1) is 18.2 Å². The van der Waals surface area contributed by atoms with Gasteiger partial charge in [-0.3, -0.25) is 0 Å². The Balaban J connectivity index is 2.30. The number of halogens is 6. The fourth-order valence-electron chi connectivity index (χ4n) is 1.91. The van der Waals surface area contributed by atoms with Crippen LogP contribution in [0.2, 0.25) is 10.0 Å². The molecular formula is C16H11Cl2F4N3O2. The molecule has 1 heterocycles. The van der Waals surface area contributed by atoms with E-state index in [1.807, 2.05) is 0 Å². The molecule has 11 heteroatoms. The van der Waals surface area contributed by atoms with Crippen molar-refractivity contribution in [2.45, 2.75) is 6.18 Å². The summed E-state index contributed by atoms with van der Waals surface area (Å²) in [6, 6.07) is 2.86. The second-order valence-electron chi connectivity index (χ2n) is 5.04. The fraction of sp³-hybridized carbons (Fsp3) is 0.250. The molecule has 0 aliphatic rings. The van der Waals surface area contributed by atoms with E-state index < -0.39 is 24.3 Å². The predicted octanol–water partition coefficient (Wildman–Crippen LogP) is 4.32. The zero-order valence-electron chi connectivity index (χ0n) is 13.6. The third kappa shape index (κ3) is 5.28. The van der Waals surface area contributed by atoms with E-state index in [0.717, 1.165) is 16.8 Å². The average Bonchev–Trinajstić information content (AvgIpc) is 2.96. The van der Waals surface area contributed by atoms with E-state index in [-0.39, 0.29) is 33.8 Å². The Hall–Kier alpha value is -2.44. The molecule has 0 N–H and O–H groups in total. The molecule has 0 atom stereocenters. The molecule has 2 rings (SSSR count). The number of nitrogens with zero attached hydrogens (tertiary/aromatic N) is 3. The molecule has 0 fully saturated rings. The molecular weight excluding hydrogens is 413 g/mol. The van der Waals surface area contributed by atoms with Crippen molar-refractivity contribution in [2.24, 2.45) is 12.2 Å². The number of aromatic nitrogens is 2. The molecule has 0 radical (unpaired) electrons. The molecule has 0 unspecified atom stereocenters. The van der Waals surface area contributed by atoms with E-state index in [0.29, 0.717) is 6.07 Å². The third-order valence-corrected chi connectivity index (χ3v) is 3.73. The molecule has 0 bridgehead atoms. The van der Waals surface area contributed by atoms with Crippen LogP contribution in [0.25, 0.3) is 0 Å². The Bertz CT molecular complexity index is 904. The van der Waals surface area contributed by atoms with Crippen molar-refractivity contribution < 1.29 is 27.1 Å². The lowest BCUT2D eigenvalue weighted by Crippen LogP contribution is -2.16. The van der Waals surface area contributed by atoms with Gasteiger partial charge in [0.2, 0.25) is 5.88 Å². The summed E-state index contributed by atoms with van der Waals surface area (Å²) in [6.45, 7) is -0.594. The normalized spacial score (nSPS) is 12.0. The van der Waals surface area contributed by atoms with Crippen LogP contribution in [0.1, 0.15) is 11.3 Å².